The maximum absolute atomic E-state index is 12.3. The first-order valence-corrected chi connectivity index (χ1v) is 6.66. The van der Waals surface area contributed by atoms with Gasteiger partial charge in [-0.25, -0.2) is 0 Å². The van der Waals surface area contributed by atoms with E-state index in [9.17, 15) is 19.5 Å². The average Bonchev–Trinajstić information content (AvgIpc) is 3.16. The van der Waals surface area contributed by atoms with Crippen molar-refractivity contribution in [2.45, 2.75) is 18.6 Å². The number of ether oxygens (including phenoxy) is 1. The Morgan fingerprint density at radius 3 is 2.73 bits per heavy atom. The van der Waals surface area contributed by atoms with Crippen LogP contribution in [0.1, 0.15) is 17.5 Å². The minimum atomic E-state index is -1.12. The van der Waals surface area contributed by atoms with Gasteiger partial charge >= 0.3 is 11.9 Å². The number of hydrazine groups is 1. The summed E-state index contributed by atoms with van der Waals surface area (Å²) in [5, 5.41) is 9.30. The number of furan rings is 1. The van der Waals surface area contributed by atoms with Crippen molar-refractivity contribution in [2.75, 3.05) is 0 Å². The number of carbonyl (C=O) groups is 3. The SMILES string of the molecule is C[C@@]12C=C[C@@H](O1)[C@@H](C(=O)O)[C@@H]2C(=O)NNC(=O)c1ccco1. The standard InChI is InChI=1S/C14H14N2O6/c1-14-5-4-7(22-14)9(13(19)20)10(14)12(18)16-15-11(17)8-3-2-6-21-8/h2-7,9-10H,1H3,(H,15,17)(H,16,18)(H,19,20)/t7-,9-,10-,14+/m1/s1. The van der Waals surface area contributed by atoms with Crippen molar-refractivity contribution in [1.82, 2.24) is 10.9 Å². The van der Waals surface area contributed by atoms with E-state index in [2.05, 4.69) is 10.9 Å². The fourth-order valence-corrected chi connectivity index (χ4v) is 2.95. The van der Waals surface area contributed by atoms with Gasteiger partial charge in [-0.15, -0.1) is 0 Å². The number of hydrogen-bond donors (Lipinski definition) is 3. The van der Waals surface area contributed by atoms with E-state index in [0.29, 0.717) is 0 Å². The van der Waals surface area contributed by atoms with Crippen molar-refractivity contribution in [3.05, 3.63) is 36.3 Å². The molecule has 3 rings (SSSR count). The largest absolute Gasteiger partial charge is 0.481 e. The molecule has 1 aromatic rings. The zero-order chi connectivity index (χ0) is 15.9. The lowest BCUT2D eigenvalue weighted by Crippen LogP contribution is -2.52. The molecule has 3 heterocycles. The van der Waals surface area contributed by atoms with Crippen LogP contribution >= 0.6 is 0 Å². The zero-order valence-electron chi connectivity index (χ0n) is 11.6. The van der Waals surface area contributed by atoms with E-state index < -0.39 is 41.3 Å². The van der Waals surface area contributed by atoms with Crippen LogP contribution in [0.2, 0.25) is 0 Å². The number of rotatable bonds is 3. The second-order valence-corrected chi connectivity index (χ2v) is 5.39. The van der Waals surface area contributed by atoms with Crippen LogP contribution in [0.15, 0.2) is 35.0 Å². The molecule has 116 valence electrons. The van der Waals surface area contributed by atoms with Crippen molar-refractivity contribution >= 4 is 17.8 Å². The Balaban J connectivity index is 1.70. The van der Waals surface area contributed by atoms with Gasteiger partial charge in [-0.1, -0.05) is 12.2 Å². The maximum atomic E-state index is 12.3. The number of amides is 2. The average molecular weight is 306 g/mol. The summed E-state index contributed by atoms with van der Waals surface area (Å²) in [6.45, 7) is 1.64. The van der Waals surface area contributed by atoms with Gasteiger partial charge in [-0.05, 0) is 19.1 Å². The minimum Gasteiger partial charge on any atom is -0.481 e. The monoisotopic (exact) mass is 306 g/mol. The topological polar surface area (TPSA) is 118 Å². The predicted octanol–water partition coefficient (Wildman–Crippen LogP) is 0.0849. The van der Waals surface area contributed by atoms with Crippen LogP contribution in [-0.2, 0) is 14.3 Å². The number of nitrogens with one attached hydrogen (secondary N) is 2. The Morgan fingerprint density at radius 1 is 1.32 bits per heavy atom. The van der Waals surface area contributed by atoms with E-state index in [1.54, 1.807) is 19.1 Å². The second-order valence-electron chi connectivity index (χ2n) is 5.39. The Kier molecular flexibility index (Phi) is 3.25. The van der Waals surface area contributed by atoms with Crippen LogP contribution in [-0.4, -0.2) is 34.6 Å². The molecular formula is C14H14N2O6. The molecule has 0 spiro atoms. The molecule has 1 aromatic heterocycles. The lowest BCUT2D eigenvalue weighted by molar-refractivity contribution is -0.147. The molecule has 2 aliphatic heterocycles. The summed E-state index contributed by atoms with van der Waals surface area (Å²) in [5.41, 5.74) is 3.43. The van der Waals surface area contributed by atoms with Crippen LogP contribution in [0.25, 0.3) is 0 Å². The number of carboxylic acids is 1. The molecule has 3 N–H and O–H groups in total. The highest BCUT2D eigenvalue weighted by atomic mass is 16.5. The first kappa shape index (κ1) is 14.3. The predicted molar refractivity (Wildman–Crippen MR) is 71.4 cm³/mol. The highest BCUT2D eigenvalue weighted by molar-refractivity contribution is 5.94. The minimum absolute atomic E-state index is 0.0328. The van der Waals surface area contributed by atoms with Gasteiger partial charge in [0, 0.05) is 0 Å². The van der Waals surface area contributed by atoms with Gasteiger partial charge in [-0.3, -0.25) is 25.2 Å². The molecule has 1 saturated heterocycles. The molecule has 0 unspecified atom stereocenters. The summed E-state index contributed by atoms with van der Waals surface area (Å²) in [4.78, 5) is 35.4. The summed E-state index contributed by atoms with van der Waals surface area (Å²) >= 11 is 0. The van der Waals surface area contributed by atoms with Gasteiger partial charge < -0.3 is 14.3 Å². The van der Waals surface area contributed by atoms with Gasteiger partial charge in [-0.2, -0.15) is 0 Å². The Labute approximate surface area is 125 Å². The third-order valence-electron chi connectivity index (χ3n) is 3.95. The van der Waals surface area contributed by atoms with Crippen molar-refractivity contribution in [2.24, 2.45) is 11.8 Å². The molecule has 2 bridgehead atoms. The third-order valence-corrected chi connectivity index (χ3v) is 3.95. The lowest BCUT2D eigenvalue weighted by atomic mass is 9.76. The highest BCUT2D eigenvalue weighted by Crippen LogP contribution is 2.46. The maximum Gasteiger partial charge on any atom is 0.310 e. The summed E-state index contributed by atoms with van der Waals surface area (Å²) < 4.78 is 10.5. The molecule has 4 atom stereocenters. The zero-order valence-corrected chi connectivity index (χ0v) is 11.6. The normalized spacial score (nSPS) is 32.0. The van der Waals surface area contributed by atoms with Crippen molar-refractivity contribution in [3.63, 3.8) is 0 Å². The molecule has 0 aromatic carbocycles. The Bertz CT molecular complexity index is 652. The van der Waals surface area contributed by atoms with Gasteiger partial charge in [0.15, 0.2) is 5.76 Å². The molecule has 0 aliphatic carbocycles. The van der Waals surface area contributed by atoms with E-state index >= 15 is 0 Å². The Morgan fingerprint density at radius 2 is 2.09 bits per heavy atom. The van der Waals surface area contributed by atoms with Gasteiger partial charge in [0.1, 0.15) is 5.92 Å². The quantitative estimate of drug-likeness (QED) is 0.538. The first-order chi connectivity index (χ1) is 10.4. The van der Waals surface area contributed by atoms with E-state index in [1.165, 1.54) is 18.4 Å². The third kappa shape index (κ3) is 2.17. The molecule has 8 nitrogen and oxygen atoms in total. The van der Waals surface area contributed by atoms with Crippen LogP contribution < -0.4 is 10.9 Å². The molecule has 2 aliphatic rings. The molecule has 0 radical (unpaired) electrons. The van der Waals surface area contributed by atoms with Gasteiger partial charge in [0.05, 0.1) is 23.9 Å². The lowest BCUT2D eigenvalue weighted by Gasteiger charge is -2.27. The van der Waals surface area contributed by atoms with Crippen LogP contribution in [0.3, 0.4) is 0 Å². The summed E-state index contributed by atoms with van der Waals surface area (Å²) in [7, 11) is 0. The van der Waals surface area contributed by atoms with E-state index in [1.807, 2.05) is 0 Å². The molecule has 2 amide bonds. The van der Waals surface area contributed by atoms with E-state index in [4.69, 9.17) is 9.15 Å². The highest BCUT2D eigenvalue weighted by Gasteiger charge is 2.59. The molecule has 1 fully saturated rings. The summed E-state index contributed by atoms with van der Waals surface area (Å²) in [6, 6.07) is 2.97. The molecule has 0 saturated carbocycles. The number of carboxylic acid groups (broad SMARTS) is 1. The van der Waals surface area contributed by atoms with Gasteiger partial charge in [0.25, 0.3) is 0 Å². The number of carbonyl (C=O) groups excluding carboxylic acids is 2. The Hall–Kier alpha value is -2.61. The van der Waals surface area contributed by atoms with Crippen LogP contribution in [0.4, 0.5) is 0 Å². The summed E-state index contributed by atoms with van der Waals surface area (Å²) in [5.74, 6) is -4.26. The van der Waals surface area contributed by atoms with E-state index in [-0.39, 0.29) is 5.76 Å². The van der Waals surface area contributed by atoms with Crippen LogP contribution in [0, 0.1) is 11.8 Å². The second kappa shape index (κ2) is 4.99. The van der Waals surface area contributed by atoms with Gasteiger partial charge in [0.2, 0.25) is 5.91 Å². The summed E-state index contributed by atoms with van der Waals surface area (Å²) in [6.07, 6.45) is 4.01. The van der Waals surface area contributed by atoms with Crippen molar-refractivity contribution < 1.29 is 28.6 Å². The molecular weight excluding hydrogens is 292 g/mol. The smallest absolute Gasteiger partial charge is 0.310 e. The molecule has 8 heteroatoms. The van der Waals surface area contributed by atoms with Crippen molar-refractivity contribution in [1.29, 1.82) is 0 Å². The van der Waals surface area contributed by atoms with Crippen LogP contribution in [0.5, 0.6) is 0 Å². The number of hydrogen-bond acceptors (Lipinski definition) is 5. The van der Waals surface area contributed by atoms with Crippen molar-refractivity contribution in [3.8, 4) is 0 Å². The fourth-order valence-electron chi connectivity index (χ4n) is 2.95. The first-order valence-electron chi connectivity index (χ1n) is 6.66. The fraction of sp³-hybridized carbons (Fsp3) is 0.357. The number of aliphatic carboxylic acids is 1. The number of fused-ring (bicyclic) bond motifs is 2. The molecule has 22 heavy (non-hydrogen) atoms. The van der Waals surface area contributed by atoms with E-state index in [0.717, 1.165) is 0 Å².